The third kappa shape index (κ3) is 4.98. The van der Waals surface area contributed by atoms with E-state index in [2.05, 4.69) is 15.3 Å². The first-order valence-electron chi connectivity index (χ1n) is 9.00. The molecule has 1 unspecified atom stereocenters. The lowest BCUT2D eigenvalue weighted by atomic mass is 9.97. The lowest BCUT2D eigenvalue weighted by molar-refractivity contribution is -0.139. The number of rotatable bonds is 5. The van der Waals surface area contributed by atoms with Gasteiger partial charge >= 0.3 is 12.4 Å². The van der Waals surface area contributed by atoms with E-state index in [1.807, 2.05) is 0 Å². The van der Waals surface area contributed by atoms with Crippen LogP contribution in [-0.4, -0.2) is 23.0 Å². The van der Waals surface area contributed by atoms with Crippen molar-refractivity contribution in [2.75, 3.05) is 7.11 Å². The molecule has 0 spiro atoms. The van der Waals surface area contributed by atoms with E-state index in [-0.39, 0.29) is 16.9 Å². The first-order chi connectivity index (χ1) is 15.0. The van der Waals surface area contributed by atoms with Gasteiger partial charge in [-0.2, -0.15) is 26.3 Å². The van der Waals surface area contributed by atoms with Crippen molar-refractivity contribution in [1.82, 2.24) is 15.3 Å². The van der Waals surface area contributed by atoms with E-state index in [9.17, 15) is 31.1 Å². The lowest BCUT2D eigenvalue weighted by Crippen LogP contribution is -2.32. The maximum Gasteiger partial charge on any atom is 0.418 e. The van der Waals surface area contributed by atoms with Crippen molar-refractivity contribution in [2.45, 2.75) is 18.4 Å². The number of methoxy groups -OCH3 is 1. The molecule has 1 aromatic carbocycles. The van der Waals surface area contributed by atoms with Crippen LogP contribution in [0.15, 0.2) is 61.1 Å². The molecular formula is C21H15F6N3O2. The molecule has 1 atom stereocenters. The zero-order valence-electron chi connectivity index (χ0n) is 16.3. The number of nitrogens with zero attached hydrogens (tertiary/aromatic N) is 2. The Kier molecular flexibility index (Phi) is 6.37. The fourth-order valence-electron chi connectivity index (χ4n) is 3.00. The number of amides is 1. The topological polar surface area (TPSA) is 64.1 Å². The Balaban J connectivity index is 2.10. The minimum Gasteiger partial charge on any atom is -0.496 e. The van der Waals surface area contributed by atoms with E-state index in [0.29, 0.717) is 0 Å². The summed E-state index contributed by atoms with van der Waals surface area (Å²) in [5, 5.41) is 2.41. The fraction of sp³-hybridized carbons (Fsp3) is 0.190. The molecule has 2 heterocycles. The van der Waals surface area contributed by atoms with Crippen LogP contribution in [0.2, 0.25) is 0 Å². The van der Waals surface area contributed by atoms with Crippen LogP contribution in [-0.2, 0) is 12.4 Å². The number of aromatic nitrogens is 2. The van der Waals surface area contributed by atoms with Gasteiger partial charge in [0.05, 0.1) is 35.5 Å². The van der Waals surface area contributed by atoms with Crippen LogP contribution in [0, 0.1) is 0 Å². The summed E-state index contributed by atoms with van der Waals surface area (Å²) in [6.45, 7) is 0. The van der Waals surface area contributed by atoms with Gasteiger partial charge < -0.3 is 10.1 Å². The second-order valence-electron chi connectivity index (χ2n) is 6.54. The second kappa shape index (κ2) is 8.85. The summed E-state index contributed by atoms with van der Waals surface area (Å²) in [5.74, 6) is -0.737. The molecule has 32 heavy (non-hydrogen) atoms. The highest BCUT2D eigenvalue weighted by Crippen LogP contribution is 2.36. The second-order valence-corrected chi connectivity index (χ2v) is 6.54. The molecule has 0 saturated carbocycles. The van der Waals surface area contributed by atoms with Gasteiger partial charge in [-0.3, -0.25) is 14.8 Å². The molecule has 0 bridgehead atoms. The van der Waals surface area contributed by atoms with Crippen molar-refractivity contribution in [1.29, 1.82) is 0 Å². The van der Waals surface area contributed by atoms with Gasteiger partial charge in [-0.1, -0.05) is 12.1 Å². The number of nitrogens with one attached hydrogen (secondary N) is 1. The molecule has 0 aliphatic heterocycles. The summed E-state index contributed by atoms with van der Waals surface area (Å²) in [5.41, 5.74) is -2.80. The Morgan fingerprint density at radius 3 is 2.25 bits per heavy atom. The number of halogens is 6. The number of hydrogen-bond donors (Lipinski definition) is 1. The van der Waals surface area contributed by atoms with Crippen LogP contribution in [0.1, 0.15) is 38.8 Å². The quantitative estimate of drug-likeness (QED) is 0.548. The van der Waals surface area contributed by atoms with Gasteiger partial charge in [-0.05, 0) is 35.9 Å². The monoisotopic (exact) mass is 455 g/mol. The number of ether oxygens (including phenoxy) is 1. The van der Waals surface area contributed by atoms with Crippen molar-refractivity contribution in [3.8, 4) is 5.75 Å². The third-order valence-electron chi connectivity index (χ3n) is 4.51. The highest BCUT2D eigenvalue weighted by molar-refractivity contribution is 5.97. The van der Waals surface area contributed by atoms with E-state index in [1.54, 1.807) is 0 Å². The Labute approximate surface area is 178 Å². The SMILES string of the molecule is COc1ccncc1C(=O)NC(c1ccc(C(F)(F)F)cc1)c1ncccc1C(F)(F)F. The Morgan fingerprint density at radius 2 is 1.66 bits per heavy atom. The van der Waals surface area contributed by atoms with Gasteiger partial charge in [-0.15, -0.1) is 0 Å². The van der Waals surface area contributed by atoms with Crippen LogP contribution >= 0.6 is 0 Å². The molecule has 2 aromatic heterocycles. The van der Waals surface area contributed by atoms with E-state index < -0.39 is 41.1 Å². The van der Waals surface area contributed by atoms with Crippen molar-refractivity contribution >= 4 is 5.91 Å². The molecule has 1 N–H and O–H groups in total. The lowest BCUT2D eigenvalue weighted by Gasteiger charge is -2.23. The summed E-state index contributed by atoms with van der Waals surface area (Å²) in [6.07, 6.45) is -5.85. The summed E-state index contributed by atoms with van der Waals surface area (Å²) in [4.78, 5) is 20.4. The van der Waals surface area contributed by atoms with Crippen molar-refractivity contribution in [3.05, 3.63) is 89.0 Å². The van der Waals surface area contributed by atoms with Crippen LogP contribution in [0.3, 0.4) is 0 Å². The smallest absolute Gasteiger partial charge is 0.418 e. The first-order valence-corrected chi connectivity index (χ1v) is 9.00. The molecule has 0 aliphatic rings. The largest absolute Gasteiger partial charge is 0.496 e. The minimum absolute atomic E-state index is 0.0293. The maximum atomic E-state index is 13.6. The van der Waals surface area contributed by atoms with Crippen molar-refractivity contribution in [2.24, 2.45) is 0 Å². The van der Waals surface area contributed by atoms with Crippen molar-refractivity contribution < 1.29 is 35.9 Å². The average molecular weight is 455 g/mol. The van der Waals surface area contributed by atoms with Crippen molar-refractivity contribution in [3.63, 3.8) is 0 Å². The first kappa shape index (κ1) is 23.0. The Hall–Kier alpha value is -3.63. The number of carbonyl (C=O) groups excluding carboxylic acids is 1. The average Bonchev–Trinajstić information content (AvgIpc) is 2.76. The molecule has 1 amide bonds. The van der Waals surface area contributed by atoms with Gasteiger partial charge in [-0.25, -0.2) is 0 Å². The molecule has 0 fully saturated rings. The summed E-state index contributed by atoms with van der Waals surface area (Å²) in [7, 11) is 1.29. The van der Waals surface area contributed by atoms with Crippen LogP contribution < -0.4 is 10.1 Å². The molecule has 0 saturated heterocycles. The number of alkyl halides is 6. The Morgan fingerprint density at radius 1 is 0.969 bits per heavy atom. The molecule has 11 heteroatoms. The standard InChI is InChI=1S/C21H15F6N3O2/c1-32-16-8-10-28-11-14(16)19(31)30-17(12-4-6-13(7-5-12)20(22,23)24)18-15(21(25,26)27)3-2-9-29-18/h2-11,17H,1H3,(H,30,31). The zero-order chi connectivity index (χ0) is 23.5. The molecule has 5 nitrogen and oxygen atoms in total. The number of hydrogen-bond acceptors (Lipinski definition) is 4. The van der Waals surface area contributed by atoms with Crippen LogP contribution in [0.5, 0.6) is 5.75 Å². The maximum absolute atomic E-state index is 13.6. The van der Waals surface area contributed by atoms with Gasteiger partial charge in [0.25, 0.3) is 5.91 Å². The molecular weight excluding hydrogens is 440 g/mol. The summed E-state index contributed by atoms with van der Waals surface area (Å²) >= 11 is 0. The molecule has 0 radical (unpaired) electrons. The zero-order valence-corrected chi connectivity index (χ0v) is 16.3. The van der Waals surface area contributed by atoms with E-state index in [0.717, 1.165) is 48.8 Å². The minimum atomic E-state index is -4.82. The highest BCUT2D eigenvalue weighted by Gasteiger charge is 2.37. The van der Waals surface area contributed by atoms with E-state index in [4.69, 9.17) is 4.74 Å². The van der Waals surface area contributed by atoms with Crippen LogP contribution in [0.25, 0.3) is 0 Å². The number of benzene rings is 1. The molecule has 0 aliphatic carbocycles. The predicted molar refractivity (Wildman–Crippen MR) is 101 cm³/mol. The molecule has 3 rings (SSSR count). The molecule has 3 aromatic rings. The summed E-state index contributed by atoms with van der Waals surface area (Å²) < 4.78 is 84.6. The van der Waals surface area contributed by atoms with E-state index >= 15 is 0 Å². The normalized spacial score (nSPS) is 12.8. The van der Waals surface area contributed by atoms with Gasteiger partial charge in [0.2, 0.25) is 0 Å². The van der Waals surface area contributed by atoms with E-state index in [1.165, 1.54) is 19.4 Å². The summed E-state index contributed by atoms with van der Waals surface area (Å²) in [6, 6.07) is 5.13. The highest BCUT2D eigenvalue weighted by atomic mass is 19.4. The van der Waals surface area contributed by atoms with Crippen LogP contribution in [0.4, 0.5) is 26.3 Å². The van der Waals surface area contributed by atoms with Gasteiger partial charge in [0, 0.05) is 18.6 Å². The third-order valence-corrected chi connectivity index (χ3v) is 4.51. The van der Waals surface area contributed by atoms with Gasteiger partial charge in [0.15, 0.2) is 0 Å². The number of pyridine rings is 2. The fourth-order valence-corrected chi connectivity index (χ4v) is 3.00. The predicted octanol–water partition coefficient (Wildman–Crippen LogP) is 5.04. The van der Waals surface area contributed by atoms with Gasteiger partial charge in [0.1, 0.15) is 5.75 Å². The Bertz CT molecular complexity index is 1100. The molecule has 168 valence electrons. The number of carbonyl (C=O) groups is 1.